The van der Waals surface area contributed by atoms with Gasteiger partial charge in [0.2, 0.25) is 0 Å². The molecule has 0 aliphatic heterocycles. The normalized spacial score (nSPS) is 21.0. The molecular weight excluding hydrogens is 122 g/mol. The van der Waals surface area contributed by atoms with Crippen LogP contribution in [0, 0.1) is 6.54 Å². The third-order valence-electron chi connectivity index (χ3n) is 2.37. The summed E-state index contributed by atoms with van der Waals surface area (Å²) in [5.41, 5.74) is 0.537. The summed E-state index contributed by atoms with van der Waals surface area (Å²) in [7, 11) is 0. The van der Waals surface area contributed by atoms with Crippen molar-refractivity contribution < 1.29 is 0 Å². The zero-order valence-corrected chi connectivity index (χ0v) is 7.11. The minimum absolute atomic E-state index is 0.537. The van der Waals surface area contributed by atoms with Crippen molar-refractivity contribution in [2.45, 2.75) is 51.5 Å². The Bertz CT molecular complexity index is 94.9. The lowest BCUT2D eigenvalue weighted by atomic mass is 10.2. The van der Waals surface area contributed by atoms with Crippen molar-refractivity contribution >= 4 is 0 Å². The van der Waals surface area contributed by atoms with Crippen molar-refractivity contribution in [2.24, 2.45) is 0 Å². The van der Waals surface area contributed by atoms with Crippen LogP contribution in [0.1, 0.15) is 46.0 Å². The maximum atomic E-state index is 3.50. The summed E-state index contributed by atoms with van der Waals surface area (Å²) in [5, 5.41) is 3.50. The quantitative estimate of drug-likeness (QED) is 0.578. The van der Waals surface area contributed by atoms with Crippen molar-refractivity contribution in [3.05, 3.63) is 6.54 Å². The highest BCUT2D eigenvalue weighted by Gasteiger charge is 2.39. The molecule has 1 aliphatic carbocycles. The first-order chi connectivity index (χ1) is 4.83. The number of rotatable bonds is 5. The van der Waals surface area contributed by atoms with Crippen LogP contribution in [0.25, 0.3) is 0 Å². The minimum Gasteiger partial charge on any atom is -0.307 e. The van der Waals surface area contributed by atoms with Crippen LogP contribution < -0.4 is 5.32 Å². The number of unbranched alkanes of at least 4 members (excludes halogenated alkanes) is 1. The first-order valence-electron chi connectivity index (χ1n) is 4.42. The van der Waals surface area contributed by atoms with Gasteiger partial charge in [0, 0.05) is 12.1 Å². The third kappa shape index (κ3) is 1.98. The smallest absolute Gasteiger partial charge is 0.0226 e. The molecule has 0 unspecified atom stereocenters. The van der Waals surface area contributed by atoms with E-state index in [9.17, 15) is 0 Å². The van der Waals surface area contributed by atoms with Gasteiger partial charge in [-0.25, -0.2) is 0 Å². The molecule has 1 fully saturated rings. The molecule has 1 rings (SSSR count). The Morgan fingerprint density at radius 1 is 1.40 bits per heavy atom. The average Bonchev–Trinajstić information content (AvgIpc) is 2.70. The maximum Gasteiger partial charge on any atom is 0.0226 e. The van der Waals surface area contributed by atoms with Gasteiger partial charge in [-0.05, 0) is 25.7 Å². The van der Waals surface area contributed by atoms with E-state index in [1.54, 1.807) is 0 Å². The molecule has 10 heavy (non-hydrogen) atoms. The van der Waals surface area contributed by atoms with Crippen molar-refractivity contribution in [1.82, 2.24) is 5.32 Å². The molecule has 0 aromatic carbocycles. The molecule has 0 heterocycles. The molecule has 0 spiro atoms. The summed E-state index contributed by atoms with van der Waals surface area (Å²) < 4.78 is 0. The van der Waals surface area contributed by atoms with E-state index in [2.05, 4.69) is 25.7 Å². The fraction of sp³-hybridized carbons (Fsp3) is 0.889. The highest BCUT2D eigenvalue weighted by Crippen LogP contribution is 2.38. The van der Waals surface area contributed by atoms with Gasteiger partial charge in [-0.3, -0.25) is 0 Å². The van der Waals surface area contributed by atoms with Crippen molar-refractivity contribution in [3.8, 4) is 0 Å². The molecule has 1 heteroatoms. The molecule has 59 valence electrons. The van der Waals surface area contributed by atoms with Crippen molar-refractivity contribution in [1.29, 1.82) is 0 Å². The number of nitrogens with one attached hydrogen (secondary N) is 1. The fourth-order valence-corrected chi connectivity index (χ4v) is 1.18. The Morgan fingerprint density at radius 3 is 2.50 bits per heavy atom. The van der Waals surface area contributed by atoms with Crippen LogP contribution in [0.2, 0.25) is 0 Å². The summed E-state index contributed by atoms with van der Waals surface area (Å²) in [4.78, 5) is 0. The van der Waals surface area contributed by atoms with Gasteiger partial charge in [-0.1, -0.05) is 20.3 Å². The first-order valence-corrected chi connectivity index (χ1v) is 4.42. The lowest BCUT2D eigenvalue weighted by Crippen LogP contribution is -2.27. The molecule has 1 saturated carbocycles. The van der Waals surface area contributed by atoms with Gasteiger partial charge in [0.1, 0.15) is 0 Å². The highest BCUT2D eigenvalue weighted by atomic mass is 15.0. The Balaban J connectivity index is 2.01. The standard InChI is InChI=1S/C9H18N/c1-3-5-8-10-9(4-2)6-7-9/h8,10H,3-7H2,1-2H3. The fourth-order valence-electron chi connectivity index (χ4n) is 1.18. The summed E-state index contributed by atoms with van der Waals surface area (Å²) in [6.07, 6.45) is 6.51. The molecule has 1 nitrogen and oxygen atoms in total. The minimum atomic E-state index is 0.537. The second-order valence-corrected chi connectivity index (χ2v) is 3.27. The second kappa shape index (κ2) is 3.38. The molecule has 0 saturated heterocycles. The Morgan fingerprint density at radius 2 is 2.10 bits per heavy atom. The Hall–Kier alpha value is -0.0400. The van der Waals surface area contributed by atoms with Gasteiger partial charge < -0.3 is 5.32 Å². The SMILES string of the molecule is CCC[CH]NC1(CC)CC1. The summed E-state index contributed by atoms with van der Waals surface area (Å²) in [5.74, 6) is 0. The highest BCUT2D eigenvalue weighted by molar-refractivity contribution is 5.02. The topological polar surface area (TPSA) is 12.0 Å². The molecule has 0 amide bonds. The largest absolute Gasteiger partial charge is 0.307 e. The number of hydrogen-bond donors (Lipinski definition) is 1. The monoisotopic (exact) mass is 140 g/mol. The second-order valence-electron chi connectivity index (χ2n) is 3.27. The van der Waals surface area contributed by atoms with Crippen LogP contribution in [-0.2, 0) is 0 Å². The van der Waals surface area contributed by atoms with E-state index in [4.69, 9.17) is 0 Å². The van der Waals surface area contributed by atoms with Gasteiger partial charge in [-0.2, -0.15) is 0 Å². The summed E-state index contributed by atoms with van der Waals surface area (Å²) in [6.45, 7) is 6.71. The molecule has 1 radical (unpaired) electrons. The molecule has 0 atom stereocenters. The maximum absolute atomic E-state index is 3.50. The van der Waals surface area contributed by atoms with E-state index < -0.39 is 0 Å². The molecular formula is C9H18N. The van der Waals surface area contributed by atoms with Crippen LogP contribution in [0.3, 0.4) is 0 Å². The lowest BCUT2D eigenvalue weighted by Gasteiger charge is -2.13. The zero-order valence-electron chi connectivity index (χ0n) is 7.11. The third-order valence-corrected chi connectivity index (χ3v) is 2.37. The van der Waals surface area contributed by atoms with E-state index in [-0.39, 0.29) is 0 Å². The number of hydrogen-bond acceptors (Lipinski definition) is 1. The first kappa shape index (κ1) is 8.06. The Labute approximate surface area is 64.2 Å². The molecule has 1 N–H and O–H groups in total. The predicted octanol–water partition coefficient (Wildman–Crippen LogP) is 2.48. The predicted molar refractivity (Wildman–Crippen MR) is 44.6 cm³/mol. The van der Waals surface area contributed by atoms with E-state index in [1.165, 1.54) is 32.1 Å². The van der Waals surface area contributed by atoms with E-state index >= 15 is 0 Å². The molecule has 1 aliphatic rings. The van der Waals surface area contributed by atoms with Crippen molar-refractivity contribution in [3.63, 3.8) is 0 Å². The van der Waals surface area contributed by atoms with Crippen LogP contribution >= 0.6 is 0 Å². The summed E-state index contributed by atoms with van der Waals surface area (Å²) >= 11 is 0. The average molecular weight is 140 g/mol. The molecule has 0 bridgehead atoms. The van der Waals surface area contributed by atoms with Crippen LogP contribution in [0.15, 0.2) is 0 Å². The summed E-state index contributed by atoms with van der Waals surface area (Å²) in [6, 6.07) is 0. The van der Waals surface area contributed by atoms with Gasteiger partial charge >= 0.3 is 0 Å². The van der Waals surface area contributed by atoms with Crippen LogP contribution in [0.4, 0.5) is 0 Å². The lowest BCUT2D eigenvalue weighted by molar-refractivity contribution is 0.517. The molecule has 0 aromatic heterocycles. The Kier molecular flexibility index (Phi) is 2.72. The van der Waals surface area contributed by atoms with Gasteiger partial charge in [0.15, 0.2) is 0 Å². The van der Waals surface area contributed by atoms with E-state index in [0.717, 1.165) is 0 Å². The van der Waals surface area contributed by atoms with Crippen molar-refractivity contribution in [2.75, 3.05) is 0 Å². The van der Waals surface area contributed by atoms with Crippen LogP contribution in [0.5, 0.6) is 0 Å². The van der Waals surface area contributed by atoms with Gasteiger partial charge in [0.25, 0.3) is 0 Å². The zero-order chi connectivity index (χ0) is 7.45. The van der Waals surface area contributed by atoms with Gasteiger partial charge in [0.05, 0.1) is 0 Å². The van der Waals surface area contributed by atoms with Gasteiger partial charge in [-0.15, -0.1) is 0 Å². The van der Waals surface area contributed by atoms with E-state index in [1.807, 2.05) is 0 Å². The van der Waals surface area contributed by atoms with Crippen LogP contribution in [-0.4, -0.2) is 5.54 Å². The van der Waals surface area contributed by atoms with E-state index in [0.29, 0.717) is 5.54 Å². The molecule has 0 aromatic rings.